The van der Waals surface area contributed by atoms with Gasteiger partial charge in [0.15, 0.2) is 0 Å². The van der Waals surface area contributed by atoms with E-state index in [1.54, 1.807) is 0 Å². The van der Waals surface area contributed by atoms with E-state index in [9.17, 15) is 0 Å². The largest absolute Gasteiger partial charge is 0.0622 e. The monoisotopic (exact) mass is 320 g/mol. The van der Waals surface area contributed by atoms with Crippen LogP contribution in [0, 0.1) is 0 Å². The summed E-state index contributed by atoms with van der Waals surface area (Å²) >= 11 is 0. The molecule has 0 aromatic heterocycles. The zero-order chi connectivity index (χ0) is 16.7. The van der Waals surface area contributed by atoms with Gasteiger partial charge in [-0.15, -0.1) is 0 Å². The minimum absolute atomic E-state index is 0.0568. The summed E-state index contributed by atoms with van der Waals surface area (Å²) < 4.78 is 0. The van der Waals surface area contributed by atoms with Gasteiger partial charge in [-0.2, -0.15) is 0 Å². The van der Waals surface area contributed by atoms with Gasteiger partial charge in [0.05, 0.1) is 0 Å². The third-order valence-corrected chi connectivity index (χ3v) is 5.76. The minimum atomic E-state index is -0.0568. The predicted octanol–water partition coefficient (Wildman–Crippen LogP) is 6.12. The molecule has 0 saturated carbocycles. The van der Waals surface area contributed by atoms with Crippen molar-refractivity contribution in [1.82, 2.24) is 0 Å². The van der Waals surface area contributed by atoms with Crippen molar-refractivity contribution in [3.63, 3.8) is 0 Å². The smallest absolute Gasteiger partial charge is 0.0463 e. The highest BCUT2D eigenvalue weighted by molar-refractivity contribution is 5.88. The van der Waals surface area contributed by atoms with Crippen LogP contribution < -0.4 is 0 Å². The Morgan fingerprint density at radius 1 is 0.560 bits per heavy atom. The lowest BCUT2D eigenvalue weighted by Crippen LogP contribution is -2.26. The van der Waals surface area contributed by atoms with E-state index in [1.165, 1.54) is 33.0 Å². The highest BCUT2D eigenvalue weighted by atomic mass is 14.4. The molecule has 0 spiro atoms. The van der Waals surface area contributed by atoms with Gasteiger partial charge in [-0.1, -0.05) is 97.1 Å². The molecular weight excluding hydrogens is 300 g/mol. The fourth-order valence-corrected chi connectivity index (χ4v) is 4.67. The lowest BCUT2D eigenvalue weighted by Gasteiger charge is -2.33. The average molecular weight is 320 g/mol. The Kier molecular flexibility index (Phi) is 3.24. The summed E-state index contributed by atoms with van der Waals surface area (Å²) in [5.41, 5.74) is 5.73. The molecule has 120 valence electrons. The van der Waals surface area contributed by atoms with Crippen molar-refractivity contribution in [2.45, 2.75) is 18.3 Å². The van der Waals surface area contributed by atoms with E-state index in [0.29, 0.717) is 0 Å². The maximum atomic E-state index is 2.33. The van der Waals surface area contributed by atoms with Gasteiger partial charge < -0.3 is 0 Å². The Labute approximate surface area is 148 Å². The van der Waals surface area contributed by atoms with Crippen molar-refractivity contribution in [2.24, 2.45) is 0 Å². The molecule has 4 aromatic rings. The van der Waals surface area contributed by atoms with Crippen LogP contribution in [0.4, 0.5) is 0 Å². The van der Waals surface area contributed by atoms with Crippen LogP contribution in [0.25, 0.3) is 10.8 Å². The van der Waals surface area contributed by atoms with Crippen molar-refractivity contribution >= 4 is 10.8 Å². The first-order valence-corrected chi connectivity index (χ1v) is 9.02. The summed E-state index contributed by atoms with van der Waals surface area (Å²) in [6.07, 6.45) is 2.26. The number of benzene rings is 4. The molecule has 0 heteroatoms. The number of aryl methyl sites for hydroxylation is 1. The maximum Gasteiger partial charge on any atom is 0.0463 e. The summed E-state index contributed by atoms with van der Waals surface area (Å²) in [6, 6.07) is 35.6. The van der Waals surface area contributed by atoms with E-state index in [1.807, 2.05) is 0 Å². The van der Waals surface area contributed by atoms with Gasteiger partial charge >= 0.3 is 0 Å². The number of rotatable bonds is 2. The molecule has 0 fully saturated rings. The Morgan fingerprint density at radius 3 is 2.16 bits per heavy atom. The zero-order valence-corrected chi connectivity index (χ0v) is 14.2. The minimum Gasteiger partial charge on any atom is -0.0622 e. The molecule has 5 rings (SSSR count). The van der Waals surface area contributed by atoms with E-state index >= 15 is 0 Å². The van der Waals surface area contributed by atoms with E-state index in [-0.39, 0.29) is 5.41 Å². The first kappa shape index (κ1) is 14.5. The van der Waals surface area contributed by atoms with Crippen LogP contribution in [0.3, 0.4) is 0 Å². The zero-order valence-electron chi connectivity index (χ0n) is 14.2. The Balaban J connectivity index is 1.90. The molecule has 0 aliphatic heterocycles. The standard InChI is InChI=1S/C25H20/c1-2-12-21(13-3-1)25(18-17-20-10-5-7-15-23(20)25)24-16-8-11-19-9-4-6-14-22(19)24/h1-16H,17-18H2. The van der Waals surface area contributed by atoms with Gasteiger partial charge in [0.1, 0.15) is 0 Å². The summed E-state index contributed by atoms with van der Waals surface area (Å²) in [7, 11) is 0. The Hall–Kier alpha value is -2.86. The molecule has 0 radical (unpaired) electrons. The van der Waals surface area contributed by atoms with Gasteiger partial charge in [0.2, 0.25) is 0 Å². The second-order valence-electron chi connectivity index (χ2n) is 6.96. The molecule has 1 unspecified atom stereocenters. The highest BCUT2D eigenvalue weighted by Crippen LogP contribution is 2.50. The average Bonchev–Trinajstić information content (AvgIpc) is 3.09. The third kappa shape index (κ3) is 2.07. The van der Waals surface area contributed by atoms with Crippen LogP contribution in [-0.4, -0.2) is 0 Å². The van der Waals surface area contributed by atoms with Crippen LogP contribution in [0.2, 0.25) is 0 Å². The van der Waals surface area contributed by atoms with E-state index in [0.717, 1.165) is 12.8 Å². The Bertz CT molecular complexity index is 1040. The maximum absolute atomic E-state index is 2.33. The van der Waals surface area contributed by atoms with Crippen molar-refractivity contribution in [1.29, 1.82) is 0 Å². The van der Waals surface area contributed by atoms with E-state index < -0.39 is 0 Å². The topological polar surface area (TPSA) is 0 Å². The summed E-state index contributed by atoms with van der Waals surface area (Å²) in [4.78, 5) is 0. The summed E-state index contributed by atoms with van der Waals surface area (Å²) in [6.45, 7) is 0. The third-order valence-electron chi connectivity index (χ3n) is 5.76. The molecule has 0 nitrogen and oxygen atoms in total. The normalized spacial score (nSPS) is 19.0. The van der Waals surface area contributed by atoms with Crippen molar-refractivity contribution in [3.05, 3.63) is 119 Å². The molecule has 4 aromatic carbocycles. The second kappa shape index (κ2) is 5.60. The molecule has 0 bridgehead atoms. The lowest BCUT2D eigenvalue weighted by atomic mass is 9.69. The molecular formula is C25H20. The fourth-order valence-electron chi connectivity index (χ4n) is 4.67. The first-order chi connectivity index (χ1) is 12.4. The van der Waals surface area contributed by atoms with Crippen molar-refractivity contribution in [3.8, 4) is 0 Å². The van der Waals surface area contributed by atoms with Gasteiger partial charge in [-0.05, 0) is 45.9 Å². The van der Waals surface area contributed by atoms with Crippen molar-refractivity contribution in [2.75, 3.05) is 0 Å². The predicted molar refractivity (Wildman–Crippen MR) is 105 cm³/mol. The first-order valence-electron chi connectivity index (χ1n) is 9.02. The SMILES string of the molecule is c1ccc(C2(c3cccc4ccccc34)CCc3ccccc32)cc1. The fraction of sp³-hybridized carbons (Fsp3) is 0.120. The van der Waals surface area contributed by atoms with Gasteiger partial charge in [0, 0.05) is 5.41 Å². The molecule has 1 aliphatic carbocycles. The van der Waals surface area contributed by atoms with E-state index in [2.05, 4.69) is 97.1 Å². The lowest BCUT2D eigenvalue weighted by molar-refractivity contribution is 0.615. The summed E-state index contributed by atoms with van der Waals surface area (Å²) in [5.74, 6) is 0. The van der Waals surface area contributed by atoms with Gasteiger partial charge in [-0.3, -0.25) is 0 Å². The molecule has 1 aliphatic rings. The van der Waals surface area contributed by atoms with Crippen LogP contribution in [0.15, 0.2) is 97.1 Å². The second-order valence-corrected chi connectivity index (χ2v) is 6.96. The van der Waals surface area contributed by atoms with Crippen LogP contribution in [-0.2, 0) is 11.8 Å². The van der Waals surface area contributed by atoms with Crippen molar-refractivity contribution < 1.29 is 0 Å². The molecule has 0 N–H and O–H groups in total. The number of hydrogen-bond acceptors (Lipinski definition) is 0. The number of hydrogen-bond donors (Lipinski definition) is 0. The van der Waals surface area contributed by atoms with E-state index in [4.69, 9.17) is 0 Å². The van der Waals surface area contributed by atoms with Crippen LogP contribution >= 0.6 is 0 Å². The molecule has 0 amide bonds. The van der Waals surface area contributed by atoms with Crippen LogP contribution in [0.1, 0.15) is 28.7 Å². The van der Waals surface area contributed by atoms with Gasteiger partial charge in [0.25, 0.3) is 0 Å². The Morgan fingerprint density at radius 2 is 1.24 bits per heavy atom. The molecule has 0 saturated heterocycles. The number of fused-ring (bicyclic) bond motifs is 2. The summed E-state index contributed by atoms with van der Waals surface area (Å²) in [5, 5.41) is 2.69. The van der Waals surface area contributed by atoms with Gasteiger partial charge in [-0.25, -0.2) is 0 Å². The quantitative estimate of drug-likeness (QED) is 0.417. The molecule has 25 heavy (non-hydrogen) atoms. The molecule has 0 heterocycles. The highest BCUT2D eigenvalue weighted by Gasteiger charge is 2.42. The molecule has 1 atom stereocenters. The van der Waals surface area contributed by atoms with Crippen LogP contribution in [0.5, 0.6) is 0 Å².